The van der Waals surface area contributed by atoms with Gasteiger partial charge in [0.2, 0.25) is 16.0 Å². The van der Waals surface area contributed by atoms with E-state index in [-0.39, 0.29) is 30.4 Å². The van der Waals surface area contributed by atoms with Crippen LogP contribution in [0.1, 0.15) is 44.3 Å². The molecule has 40 heavy (non-hydrogen) atoms. The second-order valence-electron chi connectivity index (χ2n) is 9.24. The summed E-state index contributed by atoms with van der Waals surface area (Å²) in [5.41, 5.74) is 1.35. The molecular weight excluding hydrogens is 560 g/mol. The third-order valence-corrected chi connectivity index (χ3v) is 8.14. The number of sulfonamides is 1. The lowest BCUT2D eigenvalue weighted by Gasteiger charge is -2.26. The van der Waals surface area contributed by atoms with Crippen LogP contribution in [0.15, 0.2) is 49.2 Å². The summed E-state index contributed by atoms with van der Waals surface area (Å²) in [4.78, 5) is 16.7. The zero-order chi connectivity index (χ0) is 28.4. The minimum atomic E-state index is -4.13. The Kier molecular flexibility index (Phi) is 7.83. The Labute approximate surface area is 236 Å². The van der Waals surface area contributed by atoms with Crippen LogP contribution in [0.3, 0.4) is 0 Å². The van der Waals surface area contributed by atoms with Crippen molar-refractivity contribution >= 4 is 27.6 Å². The van der Waals surface area contributed by atoms with Crippen LogP contribution in [0.5, 0.6) is 11.6 Å². The Morgan fingerprint density at radius 3 is 2.48 bits per heavy atom. The minimum absolute atomic E-state index is 0.00351. The second-order valence-corrected chi connectivity index (χ2v) is 11.7. The SMILES string of the molecule is COc1nccc2c1OC[C@@H](c1ccncc1)n1c(NS(=O)(=O)C(C)C(OC(C)C)c3ncc(Cl)cn3)nnc1-2. The third kappa shape index (κ3) is 5.42. The zero-order valence-electron chi connectivity index (χ0n) is 22.1. The molecule has 3 atom stereocenters. The van der Waals surface area contributed by atoms with E-state index in [2.05, 4.69) is 34.9 Å². The third-order valence-electron chi connectivity index (χ3n) is 6.25. The summed E-state index contributed by atoms with van der Waals surface area (Å²) in [6.45, 7) is 5.23. The van der Waals surface area contributed by atoms with Crippen molar-refractivity contribution in [3.8, 4) is 23.0 Å². The lowest BCUT2D eigenvalue weighted by molar-refractivity contribution is 0.00154. The number of pyridine rings is 2. The van der Waals surface area contributed by atoms with E-state index >= 15 is 0 Å². The lowest BCUT2D eigenvalue weighted by atomic mass is 10.1. The molecule has 1 aliphatic rings. The largest absolute Gasteiger partial charge is 0.485 e. The molecule has 2 unspecified atom stereocenters. The standard InChI is InChI=1S/C25H27ClN8O5S/c1-14(2)39-20(22-29-11-17(26)12-30-22)15(3)40(35,36)33-25-32-31-23-18-7-10-28-24(37-4)21(18)38-13-19(34(23)25)16-5-8-27-9-6-16/h5-12,14-15,19-20H,13H2,1-4H3,(H,32,33)/t15?,19-,20?/m0/s1. The Hall–Kier alpha value is -3.88. The number of aromatic nitrogens is 7. The molecule has 0 saturated heterocycles. The summed E-state index contributed by atoms with van der Waals surface area (Å²) in [7, 11) is -2.64. The normalized spacial score (nSPS) is 16.3. The molecule has 0 spiro atoms. The Balaban J connectivity index is 1.57. The Morgan fingerprint density at radius 1 is 1.07 bits per heavy atom. The zero-order valence-corrected chi connectivity index (χ0v) is 23.7. The topological polar surface area (TPSA) is 156 Å². The van der Waals surface area contributed by atoms with Gasteiger partial charge in [-0.05, 0) is 44.5 Å². The van der Waals surface area contributed by atoms with Crippen molar-refractivity contribution in [1.29, 1.82) is 0 Å². The number of methoxy groups -OCH3 is 1. The van der Waals surface area contributed by atoms with E-state index in [1.807, 2.05) is 12.1 Å². The smallest absolute Gasteiger partial charge is 0.257 e. The Bertz CT molecular complexity index is 1580. The van der Waals surface area contributed by atoms with Gasteiger partial charge in [0.15, 0.2) is 17.4 Å². The second kappa shape index (κ2) is 11.3. The van der Waals surface area contributed by atoms with E-state index in [1.165, 1.54) is 26.4 Å². The fourth-order valence-corrected chi connectivity index (χ4v) is 5.51. The molecule has 0 fully saturated rings. The molecule has 210 valence electrons. The molecule has 0 saturated carbocycles. The summed E-state index contributed by atoms with van der Waals surface area (Å²) in [5.74, 6) is 1.21. The maximum absolute atomic E-state index is 13.8. The molecule has 15 heteroatoms. The number of rotatable bonds is 9. The molecule has 5 rings (SSSR count). The minimum Gasteiger partial charge on any atom is -0.485 e. The Morgan fingerprint density at radius 2 is 1.80 bits per heavy atom. The molecule has 0 aromatic carbocycles. The summed E-state index contributed by atoms with van der Waals surface area (Å²) in [5, 5.41) is 7.79. The van der Waals surface area contributed by atoms with Crippen LogP contribution >= 0.6 is 11.6 Å². The highest BCUT2D eigenvalue weighted by molar-refractivity contribution is 7.93. The number of halogens is 1. The van der Waals surface area contributed by atoms with Crippen LogP contribution in [-0.2, 0) is 14.8 Å². The van der Waals surface area contributed by atoms with Gasteiger partial charge in [-0.3, -0.25) is 14.3 Å². The quantitative estimate of drug-likeness (QED) is 0.306. The average Bonchev–Trinajstić information content (AvgIpc) is 3.26. The molecule has 4 aromatic rings. The predicted octanol–water partition coefficient (Wildman–Crippen LogP) is 3.47. The van der Waals surface area contributed by atoms with Crippen LogP contribution in [0.2, 0.25) is 5.02 Å². The number of nitrogens with zero attached hydrogens (tertiary/aromatic N) is 7. The van der Waals surface area contributed by atoms with Crippen LogP contribution in [0.4, 0.5) is 5.95 Å². The number of hydrogen-bond acceptors (Lipinski definition) is 11. The average molecular weight is 587 g/mol. The van der Waals surface area contributed by atoms with E-state index < -0.39 is 27.4 Å². The van der Waals surface area contributed by atoms with Gasteiger partial charge in [0, 0.05) is 31.0 Å². The fourth-order valence-electron chi connectivity index (χ4n) is 4.32. The number of nitrogens with one attached hydrogen (secondary N) is 1. The molecule has 1 aliphatic heterocycles. The predicted molar refractivity (Wildman–Crippen MR) is 146 cm³/mol. The fraction of sp³-hybridized carbons (Fsp3) is 0.360. The maximum atomic E-state index is 13.8. The molecule has 0 radical (unpaired) electrons. The molecule has 1 N–H and O–H groups in total. The van der Waals surface area contributed by atoms with Gasteiger partial charge in [0.05, 0.1) is 29.8 Å². The first-order valence-electron chi connectivity index (χ1n) is 12.3. The first-order valence-corrected chi connectivity index (χ1v) is 14.3. The number of anilines is 1. The molecule has 0 aliphatic carbocycles. The van der Waals surface area contributed by atoms with Gasteiger partial charge in [0.1, 0.15) is 18.0 Å². The molecule has 4 aromatic heterocycles. The van der Waals surface area contributed by atoms with Crippen molar-refractivity contribution < 1.29 is 22.6 Å². The first-order chi connectivity index (χ1) is 19.2. The highest BCUT2D eigenvalue weighted by Gasteiger charge is 2.37. The summed E-state index contributed by atoms with van der Waals surface area (Å²) < 4.78 is 49.4. The summed E-state index contributed by atoms with van der Waals surface area (Å²) in [6.07, 6.45) is 6.34. The first kappa shape index (κ1) is 27.7. The van der Waals surface area contributed by atoms with E-state index in [0.29, 0.717) is 22.2 Å². The van der Waals surface area contributed by atoms with Gasteiger partial charge in [-0.1, -0.05) is 11.6 Å². The van der Waals surface area contributed by atoms with Crippen molar-refractivity contribution in [2.75, 3.05) is 18.4 Å². The monoisotopic (exact) mass is 586 g/mol. The summed E-state index contributed by atoms with van der Waals surface area (Å²) in [6, 6.07) is 4.82. The molecule has 0 amide bonds. The van der Waals surface area contributed by atoms with Crippen molar-refractivity contribution in [1.82, 2.24) is 34.7 Å². The molecule has 13 nitrogen and oxygen atoms in total. The van der Waals surface area contributed by atoms with Crippen molar-refractivity contribution in [2.24, 2.45) is 0 Å². The van der Waals surface area contributed by atoms with Gasteiger partial charge >= 0.3 is 0 Å². The molecule has 5 heterocycles. The summed E-state index contributed by atoms with van der Waals surface area (Å²) >= 11 is 5.95. The van der Waals surface area contributed by atoms with Crippen molar-refractivity contribution in [2.45, 2.75) is 44.3 Å². The maximum Gasteiger partial charge on any atom is 0.257 e. The van der Waals surface area contributed by atoms with Gasteiger partial charge in [-0.2, -0.15) is 0 Å². The number of fused-ring (bicyclic) bond motifs is 3. The highest BCUT2D eigenvalue weighted by atomic mass is 35.5. The van der Waals surface area contributed by atoms with E-state index in [9.17, 15) is 8.42 Å². The molecule has 0 bridgehead atoms. The van der Waals surface area contributed by atoms with Gasteiger partial charge in [-0.15, -0.1) is 10.2 Å². The molecular formula is C25H27ClN8O5S. The van der Waals surface area contributed by atoms with Crippen molar-refractivity contribution in [3.63, 3.8) is 0 Å². The van der Waals surface area contributed by atoms with Gasteiger partial charge in [-0.25, -0.2) is 23.4 Å². The van der Waals surface area contributed by atoms with E-state index in [1.54, 1.807) is 43.1 Å². The van der Waals surface area contributed by atoms with Crippen LogP contribution < -0.4 is 14.2 Å². The van der Waals surface area contributed by atoms with E-state index in [0.717, 1.165) is 5.56 Å². The van der Waals surface area contributed by atoms with Gasteiger partial charge in [0.25, 0.3) is 5.88 Å². The number of hydrogen-bond donors (Lipinski definition) is 1. The van der Waals surface area contributed by atoms with Crippen molar-refractivity contribution in [3.05, 3.63) is 65.6 Å². The van der Waals surface area contributed by atoms with E-state index in [4.69, 9.17) is 25.8 Å². The highest BCUT2D eigenvalue weighted by Crippen LogP contribution is 2.42. The number of ether oxygens (including phenoxy) is 3. The lowest BCUT2D eigenvalue weighted by Crippen LogP contribution is -2.35. The van der Waals surface area contributed by atoms with Crippen LogP contribution in [-0.4, -0.2) is 68.2 Å². The van der Waals surface area contributed by atoms with Crippen LogP contribution in [0.25, 0.3) is 11.4 Å². The van der Waals surface area contributed by atoms with Crippen LogP contribution in [0, 0.1) is 0 Å². The van der Waals surface area contributed by atoms with Gasteiger partial charge < -0.3 is 14.2 Å².